The predicted molar refractivity (Wildman–Crippen MR) is 120 cm³/mol. The molecular weight excluding hydrogens is 422 g/mol. The molecule has 0 unspecified atom stereocenters. The van der Waals surface area contributed by atoms with Crippen LogP contribution in [0, 0.1) is 6.92 Å². The number of thioether (sulfide) groups is 1. The fraction of sp³-hybridized carbons (Fsp3) is 0.286. The Hall–Kier alpha value is -2.55. The maximum absolute atomic E-state index is 12.6. The second-order valence-electron chi connectivity index (χ2n) is 6.87. The summed E-state index contributed by atoms with van der Waals surface area (Å²) in [7, 11) is 0. The van der Waals surface area contributed by atoms with Crippen LogP contribution >= 0.6 is 23.4 Å². The molecule has 1 amide bonds. The molecule has 30 heavy (non-hydrogen) atoms. The van der Waals surface area contributed by atoms with E-state index in [1.165, 1.54) is 11.8 Å². The zero-order valence-corrected chi connectivity index (χ0v) is 18.1. The molecule has 1 fully saturated rings. The van der Waals surface area contributed by atoms with E-state index in [-0.39, 0.29) is 11.7 Å². The minimum Gasteiger partial charge on any atom is -0.378 e. The molecule has 0 atom stereocenters. The van der Waals surface area contributed by atoms with Crippen molar-refractivity contribution in [3.8, 4) is 5.69 Å². The van der Waals surface area contributed by atoms with Crippen LogP contribution < -0.4 is 10.2 Å². The molecule has 0 bridgehead atoms. The molecule has 9 heteroatoms. The van der Waals surface area contributed by atoms with E-state index < -0.39 is 0 Å². The summed E-state index contributed by atoms with van der Waals surface area (Å²) in [5, 5.41) is 12.5. The van der Waals surface area contributed by atoms with Gasteiger partial charge in [-0.3, -0.25) is 9.36 Å². The van der Waals surface area contributed by atoms with Crippen molar-refractivity contribution in [1.82, 2.24) is 14.8 Å². The Kier molecular flexibility index (Phi) is 6.56. The summed E-state index contributed by atoms with van der Waals surface area (Å²) < 4.78 is 7.25. The van der Waals surface area contributed by atoms with Gasteiger partial charge in [0.15, 0.2) is 5.16 Å². The van der Waals surface area contributed by atoms with Crippen LogP contribution in [0.3, 0.4) is 0 Å². The van der Waals surface area contributed by atoms with Gasteiger partial charge in [0.25, 0.3) is 0 Å². The average molecular weight is 444 g/mol. The molecule has 3 aromatic rings. The number of carbonyl (C=O) groups excluding carboxylic acids is 1. The van der Waals surface area contributed by atoms with Gasteiger partial charge in [0.1, 0.15) is 6.33 Å². The number of anilines is 2. The third-order valence-electron chi connectivity index (χ3n) is 4.81. The minimum atomic E-state index is -0.0998. The molecule has 2 aromatic carbocycles. The number of nitrogens with one attached hydrogen (secondary N) is 1. The van der Waals surface area contributed by atoms with Gasteiger partial charge in [-0.2, -0.15) is 0 Å². The number of nitrogens with zero attached hydrogens (tertiary/aromatic N) is 4. The van der Waals surface area contributed by atoms with Gasteiger partial charge < -0.3 is 15.0 Å². The van der Waals surface area contributed by atoms with E-state index in [1.54, 1.807) is 6.33 Å². The highest BCUT2D eigenvalue weighted by atomic mass is 35.5. The van der Waals surface area contributed by atoms with Crippen LogP contribution in [0.15, 0.2) is 53.9 Å². The first kappa shape index (κ1) is 20.7. The molecule has 0 spiro atoms. The fourth-order valence-corrected chi connectivity index (χ4v) is 4.11. The van der Waals surface area contributed by atoms with Gasteiger partial charge in [-0.15, -0.1) is 10.2 Å². The number of hydrogen-bond donors (Lipinski definition) is 1. The first-order chi connectivity index (χ1) is 14.6. The molecular formula is C21H22ClN5O2S. The third kappa shape index (κ3) is 4.77. The molecule has 2 heterocycles. The van der Waals surface area contributed by atoms with Gasteiger partial charge in [0.05, 0.1) is 36.0 Å². The van der Waals surface area contributed by atoms with Crippen molar-refractivity contribution in [2.45, 2.75) is 12.1 Å². The van der Waals surface area contributed by atoms with Gasteiger partial charge in [0, 0.05) is 18.1 Å². The van der Waals surface area contributed by atoms with Crippen LogP contribution in [0.2, 0.25) is 5.02 Å². The van der Waals surface area contributed by atoms with Gasteiger partial charge in [-0.05, 0) is 36.8 Å². The minimum absolute atomic E-state index is 0.0998. The molecule has 1 saturated heterocycles. The lowest BCUT2D eigenvalue weighted by atomic mass is 10.2. The van der Waals surface area contributed by atoms with E-state index in [0.29, 0.717) is 23.4 Å². The highest BCUT2D eigenvalue weighted by molar-refractivity contribution is 7.99. The number of amides is 1. The van der Waals surface area contributed by atoms with Crippen molar-refractivity contribution in [2.24, 2.45) is 0 Å². The molecule has 0 aliphatic carbocycles. The van der Waals surface area contributed by atoms with Gasteiger partial charge in [-0.1, -0.05) is 41.6 Å². The summed E-state index contributed by atoms with van der Waals surface area (Å²) in [6.07, 6.45) is 1.62. The summed E-state index contributed by atoms with van der Waals surface area (Å²) in [6.45, 7) is 4.95. The Balaban J connectivity index is 1.42. The van der Waals surface area contributed by atoms with Crippen molar-refractivity contribution in [3.05, 3.63) is 59.4 Å². The van der Waals surface area contributed by atoms with Crippen molar-refractivity contribution >= 4 is 40.6 Å². The maximum Gasteiger partial charge on any atom is 0.234 e. The zero-order chi connectivity index (χ0) is 20.9. The summed E-state index contributed by atoms with van der Waals surface area (Å²) in [6, 6.07) is 13.6. The van der Waals surface area contributed by atoms with Crippen LogP contribution in [0.4, 0.5) is 11.4 Å². The first-order valence-corrected chi connectivity index (χ1v) is 11.0. The van der Waals surface area contributed by atoms with Crippen LogP contribution in [0.1, 0.15) is 5.56 Å². The monoisotopic (exact) mass is 443 g/mol. The van der Waals surface area contributed by atoms with E-state index in [4.69, 9.17) is 16.3 Å². The number of aryl methyl sites for hydroxylation is 1. The SMILES string of the molecule is Cc1ccc(-n2cnnc2SCC(=O)Nc2ccccc2N2CCOCC2)cc1Cl. The Morgan fingerprint density at radius 2 is 2.03 bits per heavy atom. The van der Waals surface area contributed by atoms with Gasteiger partial charge in [0.2, 0.25) is 5.91 Å². The summed E-state index contributed by atoms with van der Waals surface area (Å²) in [5.74, 6) is 0.118. The van der Waals surface area contributed by atoms with E-state index in [2.05, 4.69) is 20.4 Å². The van der Waals surface area contributed by atoms with Crippen LogP contribution in [-0.4, -0.2) is 52.7 Å². The van der Waals surface area contributed by atoms with Crippen molar-refractivity contribution in [1.29, 1.82) is 0 Å². The molecule has 0 saturated carbocycles. The summed E-state index contributed by atoms with van der Waals surface area (Å²) in [4.78, 5) is 14.9. The molecule has 0 radical (unpaired) electrons. The van der Waals surface area contributed by atoms with Crippen LogP contribution in [-0.2, 0) is 9.53 Å². The number of rotatable bonds is 6. The second kappa shape index (κ2) is 9.51. The molecule has 4 rings (SSSR count). The molecule has 1 N–H and O–H groups in total. The predicted octanol–water partition coefficient (Wildman–Crippen LogP) is 3.80. The van der Waals surface area contributed by atoms with Crippen LogP contribution in [0.25, 0.3) is 5.69 Å². The number of carbonyl (C=O) groups is 1. The van der Waals surface area contributed by atoms with E-state index >= 15 is 0 Å². The summed E-state index contributed by atoms with van der Waals surface area (Å²) in [5.41, 5.74) is 3.67. The second-order valence-corrected chi connectivity index (χ2v) is 8.22. The Morgan fingerprint density at radius 1 is 1.23 bits per heavy atom. The number of hydrogen-bond acceptors (Lipinski definition) is 6. The standard InChI is InChI=1S/C21H22ClN5O2S/c1-15-6-7-16(12-17(15)22)27-14-23-25-21(27)30-13-20(28)24-18-4-2-3-5-19(18)26-8-10-29-11-9-26/h2-7,12,14H,8-11,13H2,1H3,(H,24,28). The zero-order valence-electron chi connectivity index (χ0n) is 16.5. The quantitative estimate of drug-likeness (QED) is 0.584. The molecule has 1 aliphatic heterocycles. The van der Waals surface area contributed by atoms with Gasteiger partial charge >= 0.3 is 0 Å². The Labute approximate surface area is 184 Å². The topological polar surface area (TPSA) is 72.3 Å². The Morgan fingerprint density at radius 3 is 2.83 bits per heavy atom. The number of benzene rings is 2. The third-order valence-corrected chi connectivity index (χ3v) is 6.16. The van der Waals surface area contributed by atoms with Crippen molar-refractivity contribution in [2.75, 3.05) is 42.3 Å². The smallest absolute Gasteiger partial charge is 0.234 e. The summed E-state index contributed by atoms with van der Waals surface area (Å²) >= 11 is 7.57. The molecule has 7 nitrogen and oxygen atoms in total. The normalized spacial score (nSPS) is 14.0. The number of halogens is 1. The Bertz CT molecular complexity index is 1040. The lowest BCUT2D eigenvalue weighted by molar-refractivity contribution is -0.113. The molecule has 156 valence electrons. The molecule has 1 aromatic heterocycles. The molecule has 1 aliphatic rings. The average Bonchev–Trinajstić information content (AvgIpc) is 3.24. The van der Waals surface area contributed by atoms with E-state index in [9.17, 15) is 4.79 Å². The van der Waals surface area contributed by atoms with Crippen LogP contribution in [0.5, 0.6) is 0 Å². The lowest BCUT2D eigenvalue weighted by Crippen LogP contribution is -2.36. The number of morpholine rings is 1. The number of ether oxygens (including phenoxy) is 1. The highest BCUT2D eigenvalue weighted by Gasteiger charge is 2.16. The first-order valence-electron chi connectivity index (χ1n) is 9.63. The van der Waals surface area contributed by atoms with Crippen molar-refractivity contribution < 1.29 is 9.53 Å². The van der Waals surface area contributed by atoms with Gasteiger partial charge in [-0.25, -0.2) is 0 Å². The van der Waals surface area contributed by atoms with E-state index in [1.807, 2.05) is 54.0 Å². The van der Waals surface area contributed by atoms with Crippen molar-refractivity contribution in [3.63, 3.8) is 0 Å². The fourth-order valence-electron chi connectivity index (χ4n) is 3.21. The number of para-hydroxylation sites is 2. The largest absolute Gasteiger partial charge is 0.378 e. The van der Waals surface area contributed by atoms with E-state index in [0.717, 1.165) is 35.7 Å². The highest BCUT2D eigenvalue weighted by Crippen LogP contribution is 2.27. The number of aromatic nitrogens is 3. The maximum atomic E-state index is 12.6. The lowest BCUT2D eigenvalue weighted by Gasteiger charge is -2.30.